The van der Waals surface area contributed by atoms with Crippen LogP contribution in [0.3, 0.4) is 0 Å². The maximum absolute atomic E-state index is 13.9. The molecule has 0 unspecified atom stereocenters. The summed E-state index contributed by atoms with van der Waals surface area (Å²) in [5, 5.41) is 7.74. The highest BCUT2D eigenvalue weighted by molar-refractivity contribution is 7.89. The van der Waals surface area contributed by atoms with Gasteiger partial charge in [0.25, 0.3) is 0 Å². The Morgan fingerprint density at radius 3 is 2.30 bits per heavy atom. The smallest absolute Gasteiger partial charge is 0.322 e. The van der Waals surface area contributed by atoms with Crippen molar-refractivity contribution < 1.29 is 30.7 Å². The van der Waals surface area contributed by atoms with E-state index in [1.807, 2.05) is 0 Å². The Morgan fingerprint density at radius 1 is 1.03 bits per heavy atom. The summed E-state index contributed by atoms with van der Waals surface area (Å²) in [7, 11) is -4.55. The molecule has 12 heteroatoms. The summed E-state index contributed by atoms with van der Waals surface area (Å²) in [6.45, 7) is 3.41. The number of hydrogen-bond acceptors (Lipinski definition) is 5. The summed E-state index contributed by atoms with van der Waals surface area (Å²) in [5.41, 5.74) is 0. The lowest BCUT2D eigenvalue weighted by Gasteiger charge is -2.16. The van der Waals surface area contributed by atoms with E-state index in [-0.39, 0.29) is 36.3 Å². The minimum Gasteiger partial charge on any atom is -0.424 e. The molecule has 0 bridgehead atoms. The second-order valence-corrected chi connectivity index (χ2v) is 7.86. The zero-order chi connectivity index (χ0) is 22.1. The minimum absolute atomic E-state index is 0.0177. The van der Waals surface area contributed by atoms with Gasteiger partial charge in [-0.15, -0.1) is 5.10 Å². The lowest BCUT2D eigenvalue weighted by atomic mass is 10.3. The Bertz CT molecular complexity index is 1170. The van der Waals surface area contributed by atoms with Crippen molar-refractivity contribution in [3.8, 4) is 11.8 Å². The van der Waals surface area contributed by atoms with Gasteiger partial charge in [0.2, 0.25) is 10.0 Å². The number of ether oxygens (including phenoxy) is 1. The largest absolute Gasteiger partial charge is 0.424 e. The van der Waals surface area contributed by atoms with Gasteiger partial charge in [0.1, 0.15) is 22.3 Å². The predicted molar refractivity (Wildman–Crippen MR) is 97.2 cm³/mol. The first kappa shape index (κ1) is 21.7. The first-order valence-corrected chi connectivity index (χ1v) is 10.1. The first-order valence-electron chi connectivity index (χ1n) is 8.65. The predicted octanol–water partition coefficient (Wildman–Crippen LogP) is 3.69. The van der Waals surface area contributed by atoms with E-state index in [0.29, 0.717) is 0 Å². The van der Waals surface area contributed by atoms with Crippen molar-refractivity contribution in [3.63, 3.8) is 0 Å². The molecule has 0 saturated carbocycles. The normalized spacial score (nSPS) is 12.7. The maximum Gasteiger partial charge on any atom is 0.322 e. The fourth-order valence-electron chi connectivity index (χ4n) is 2.66. The van der Waals surface area contributed by atoms with E-state index >= 15 is 0 Å². The van der Waals surface area contributed by atoms with Crippen molar-refractivity contribution in [1.82, 2.24) is 19.5 Å². The van der Waals surface area contributed by atoms with Crippen LogP contribution in [0, 0.1) is 23.3 Å². The van der Waals surface area contributed by atoms with Gasteiger partial charge in [-0.1, -0.05) is 5.10 Å². The van der Waals surface area contributed by atoms with Crippen LogP contribution in [0.5, 0.6) is 11.8 Å². The highest BCUT2D eigenvalue weighted by atomic mass is 32.2. The number of nitrogens with one attached hydrogen (secondary N) is 1. The average molecular weight is 444 g/mol. The molecule has 0 aliphatic rings. The monoisotopic (exact) mass is 444 g/mol. The second-order valence-electron chi connectivity index (χ2n) is 6.18. The molecule has 0 aliphatic heterocycles. The lowest BCUT2D eigenvalue weighted by molar-refractivity contribution is 0.407. The zero-order valence-corrected chi connectivity index (χ0v) is 16.6. The van der Waals surface area contributed by atoms with E-state index in [4.69, 9.17) is 4.74 Å². The van der Waals surface area contributed by atoms with E-state index in [0.717, 1.165) is 0 Å². The third-order valence-electron chi connectivity index (χ3n) is 4.07. The summed E-state index contributed by atoms with van der Waals surface area (Å²) >= 11 is 0. The SMILES string of the molecule is CCn1c(Oc2ccc(F)cc2)nnc1[C@@H](C)NS(=O)(=O)c1cc(F)c(F)cc1F. The van der Waals surface area contributed by atoms with Crippen LogP contribution in [0.25, 0.3) is 0 Å². The fraction of sp³-hybridized carbons (Fsp3) is 0.222. The number of rotatable bonds is 7. The third-order valence-corrected chi connectivity index (χ3v) is 5.62. The quantitative estimate of drug-likeness (QED) is 0.444. The van der Waals surface area contributed by atoms with Crippen LogP contribution < -0.4 is 9.46 Å². The van der Waals surface area contributed by atoms with Crippen molar-refractivity contribution in [2.24, 2.45) is 0 Å². The Balaban J connectivity index is 1.86. The van der Waals surface area contributed by atoms with Crippen LogP contribution in [0.4, 0.5) is 17.6 Å². The van der Waals surface area contributed by atoms with Crippen LogP contribution in [0.1, 0.15) is 25.7 Å². The molecule has 160 valence electrons. The molecule has 0 spiro atoms. The molecule has 1 atom stereocenters. The standard InChI is InChI=1S/C18H16F4N4O3S/c1-3-26-17(23-24-18(26)29-12-6-4-11(19)5-7-12)10(2)25-30(27,28)16-9-14(21)13(20)8-15(16)22/h4-10,25H,3H2,1-2H3/t10-/m1/s1. The topological polar surface area (TPSA) is 86.1 Å². The number of halogens is 4. The van der Waals surface area contributed by atoms with Gasteiger partial charge in [0.15, 0.2) is 17.5 Å². The molecule has 1 heterocycles. The minimum atomic E-state index is -4.55. The van der Waals surface area contributed by atoms with E-state index in [2.05, 4.69) is 14.9 Å². The Morgan fingerprint density at radius 2 is 1.67 bits per heavy atom. The number of aromatic nitrogens is 3. The van der Waals surface area contributed by atoms with Gasteiger partial charge in [-0.2, -0.15) is 0 Å². The van der Waals surface area contributed by atoms with E-state index in [1.165, 1.54) is 35.8 Å². The van der Waals surface area contributed by atoms with Crippen LogP contribution in [-0.4, -0.2) is 23.2 Å². The molecule has 0 saturated heterocycles. The van der Waals surface area contributed by atoms with Crippen LogP contribution >= 0.6 is 0 Å². The molecule has 0 amide bonds. The summed E-state index contributed by atoms with van der Waals surface area (Å²) in [4.78, 5) is -1.04. The molecule has 2 aromatic carbocycles. The van der Waals surface area contributed by atoms with Crippen molar-refractivity contribution in [1.29, 1.82) is 0 Å². The molecular weight excluding hydrogens is 428 g/mol. The Hall–Kier alpha value is -2.99. The molecule has 30 heavy (non-hydrogen) atoms. The van der Waals surface area contributed by atoms with Gasteiger partial charge < -0.3 is 4.74 Å². The van der Waals surface area contributed by atoms with Gasteiger partial charge in [-0.05, 0) is 44.2 Å². The molecular formula is C18H16F4N4O3S. The zero-order valence-electron chi connectivity index (χ0n) is 15.7. The van der Waals surface area contributed by atoms with Gasteiger partial charge in [-0.25, -0.2) is 30.7 Å². The molecule has 3 rings (SSSR count). The first-order chi connectivity index (χ1) is 14.1. The molecule has 3 aromatic rings. The molecule has 1 N–H and O–H groups in total. The fourth-order valence-corrected chi connectivity index (χ4v) is 3.93. The van der Waals surface area contributed by atoms with E-state index in [9.17, 15) is 26.0 Å². The number of hydrogen-bond donors (Lipinski definition) is 1. The van der Waals surface area contributed by atoms with Gasteiger partial charge in [0, 0.05) is 12.6 Å². The van der Waals surface area contributed by atoms with Crippen molar-refractivity contribution in [2.75, 3.05) is 0 Å². The molecule has 7 nitrogen and oxygen atoms in total. The summed E-state index contributed by atoms with van der Waals surface area (Å²) in [5.74, 6) is -4.49. The molecule has 1 aromatic heterocycles. The summed E-state index contributed by atoms with van der Waals surface area (Å²) in [6, 6.07) is 4.53. The highest BCUT2D eigenvalue weighted by Gasteiger charge is 2.27. The van der Waals surface area contributed by atoms with Crippen molar-refractivity contribution >= 4 is 10.0 Å². The molecule has 0 aliphatic carbocycles. The summed E-state index contributed by atoms with van der Waals surface area (Å²) in [6.07, 6.45) is 0. The van der Waals surface area contributed by atoms with Crippen LogP contribution in [-0.2, 0) is 16.6 Å². The second kappa shape index (κ2) is 8.40. The maximum atomic E-state index is 13.9. The number of nitrogens with zero attached hydrogens (tertiary/aromatic N) is 3. The van der Waals surface area contributed by atoms with Crippen LogP contribution in [0.15, 0.2) is 41.3 Å². The molecule has 0 fully saturated rings. The Kier molecular flexibility index (Phi) is 6.08. The lowest BCUT2D eigenvalue weighted by Crippen LogP contribution is -2.29. The van der Waals surface area contributed by atoms with E-state index in [1.54, 1.807) is 6.92 Å². The Labute approximate surface area is 169 Å². The van der Waals surface area contributed by atoms with Gasteiger partial charge in [-0.3, -0.25) is 4.57 Å². The van der Waals surface area contributed by atoms with Crippen LogP contribution in [0.2, 0.25) is 0 Å². The summed E-state index contributed by atoms with van der Waals surface area (Å²) < 4.78 is 87.5. The average Bonchev–Trinajstić information content (AvgIpc) is 3.08. The number of benzene rings is 2. The molecule has 0 radical (unpaired) electrons. The van der Waals surface area contributed by atoms with Gasteiger partial charge in [0.05, 0.1) is 6.04 Å². The van der Waals surface area contributed by atoms with Crippen molar-refractivity contribution in [3.05, 3.63) is 65.5 Å². The third kappa shape index (κ3) is 4.44. The number of sulfonamides is 1. The van der Waals surface area contributed by atoms with Gasteiger partial charge >= 0.3 is 6.01 Å². The highest BCUT2D eigenvalue weighted by Crippen LogP contribution is 2.25. The van der Waals surface area contributed by atoms with Crippen molar-refractivity contribution in [2.45, 2.75) is 31.3 Å². The van der Waals surface area contributed by atoms with E-state index < -0.39 is 44.2 Å².